The van der Waals surface area contributed by atoms with Crippen molar-refractivity contribution >= 4 is 11.0 Å². The van der Waals surface area contributed by atoms with Crippen LogP contribution in [0.25, 0.3) is 22.3 Å². The van der Waals surface area contributed by atoms with E-state index in [4.69, 9.17) is 0 Å². The Balaban J connectivity index is 2.28. The van der Waals surface area contributed by atoms with Gasteiger partial charge < -0.3 is 0 Å². The fourth-order valence-electron chi connectivity index (χ4n) is 2.73. The van der Waals surface area contributed by atoms with Gasteiger partial charge in [0.15, 0.2) is 5.65 Å². The van der Waals surface area contributed by atoms with Gasteiger partial charge in [-0.15, -0.1) is 0 Å². The first-order valence-corrected chi connectivity index (χ1v) is 7.32. The van der Waals surface area contributed by atoms with Crippen molar-refractivity contribution in [3.63, 3.8) is 0 Å². The van der Waals surface area contributed by atoms with Crippen molar-refractivity contribution in [3.05, 3.63) is 47.2 Å². The first-order valence-electron chi connectivity index (χ1n) is 7.32. The highest BCUT2D eigenvalue weighted by atomic mass is 19.4. The van der Waals surface area contributed by atoms with Crippen LogP contribution in [0.15, 0.2) is 30.3 Å². The zero-order chi connectivity index (χ0) is 16.8. The van der Waals surface area contributed by atoms with Crippen molar-refractivity contribution < 1.29 is 13.2 Å². The van der Waals surface area contributed by atoms with Gasteiger partial charge >= 0.3 is 6.18 Å². The molecule has 2 heterocycles. The highest BCUT2D eigenvalue weighted by Gasteiger charge is 2.35. The number of pyridine rings is 1. The summed E-state index contributed by atoms with van der Waals surface area (Å²) in [5.41, 5.74) is 1.97. The van der Waals surface area contributed by atoms with Crippen molar-refractivity contribution in [2.24, 2.45) is 7.05 Å². The van der Waals surface area contributed by atoms with Gasteiger partial charge in [-0.25, -0.2) is 4.98 Å². The smallest absolute Gasteiger partial charge is 0.250 e. The standard InChI is InChI=1S/C17H16F3N3/c1-4-11-5-7-12(8-6-11)14-9-13(17(18,19)20)15-10(2)22-23(3)16(15)21-14/h5-9H,4H2,1-3H3. The van der Waals surface area contributed by atoms with Gasteiger partial charge in [-0.1, -0.05) is 31.2 Å². The van der Waals surface area contributed by atoms with Crippen LogP contribution in [0.1, 0.15) is 23.7 Å². The van der Waals surface area contributed by atoms with E-state index >= 15 is 0 Å². The van der Waals surface area contributed by atoms with Crippen molar-refractivity contribution in [2.75, 3.05) is 0 Å². The predicted octanol–water partition coefficient (Wildman–Crippen LogP) is 4.52. The molecule has 0 unspecified atom stereocenters. The average Bonchev–Trinajstić information content (AvgIpc) is 2.80. The van der Waals surface area contributed by atoms with Crippen LogP contribution >= 0.6 is 0 Å². The van der Waals surface area contributed by atoms with Gasteiger partial charge in [0.1, 0.15) is 0 Å². The first kappa shape index (κ1) is 15.5. The average molecular weight is 319 g/mol. The summed E-state index contributed by atoms with van der Waals surface area (Å²) in [4.78, 5) is 4.40. The summed E-state index contributed by atoms with van der Waals surface area (Å²) in [6.07, 6.45) is -3.57. The molecule has 0 atom stereocenters. The van der Waals surface area contributed by atoms with Crippen molar-refractivity contribution in [2.45, 2.75) is 26.4 Å². The molecule has 0 saturated heterocycles. The van der Waals surface area contributed by atoms with Crippen LogP contribution in [-0.4, -0.2) is 14.8 Å². The summed E-state index contributed by atoms with van der Waals surface area (Å²) in [7, 11) is 1.60. The van der Waals surface area contributed by atoms with Crippen molar-refractivity contribution in [1.82, 2.24) is 14.8 Å². The molecule has 0 amide bonds. The lowest BCUT2D eigenvalue weighted by Gasteiger charge is -2.11. The second-order valence-electron chi connectivity index (χ2n) is 5.51. The Morgan fingerprint density at radius 2 is 1.78 bits per heavy atom. The largest absolute Gasteiger partial charge is 0.417 e. The SMILES string of the molecule is CCc1ccc(-c2cc(C(F)(F)F)c3c(C)nn(C)c3n2)cc1. The number of aryl methyl sites for hydroxylation is 3. The Bertz CT molecular complexity index is 861. The maximum absolute atomic E-state index is 13.5. The van der Waals surface area contributed by atoms with Crippen LogP contribution in [0.4, 0.5) is 13.2 Å². The summed E-state index contributed by atoms with van der Waals surface area (Å²) >= 11 is 0. The summed E-state index contributed by atoms with van der Waals surface area (Å²) < 4.78 is 41.8. The van der Waals surface area contributed by atoms with E-state index in [2.05, 4.69) is 10.1 Å². The summed E-state index contributed by atoms with van der Waals surface area (Å²) in [6.45, 7) is 3.59. The van der Waals surface area contributed by atoms with Crippen LogP contribution < -0.4 is 0 Å². The second-order valence-corrected chi connectivity index (χ2v) is 5.51. The third-order valence-electron chi connectivity index (χ3n) is 3.93. The third-order valence-corrected chi connectivity index (χ3v) is 3.93. The molecule has 23 heavy (non-hydrogen) atoms. The topological polar surface area (TPSA) is 30.7 Å². The van der Waals surface area contributed by atoms with Crippen LogP contribution in [0.5, 0.6) is 0 Å². The molecule has 120 valence electrons. The molecule has 0 bridgehead atoms. The van der Waals surface area contributed by atoms with Crippen molar-refractivity contribution in [3.8, 4) is 11.3 Å². The van der Waals surface area contributed by atoms with Gasteiger partial charge in [0.05, 0.1) is 22.3 Å². The highest BCUT2D eigenvalue weighted by molar-refractivity contribution is 5.85. The van der Waals surface area contributed by atoms with Gasteiger partial charge in [0.25, 0.3) is 0 Å². The molecule has 0 aliphatic heterocycles. The molecule has 0 aliphatic rings. The van der Waals surface area contributed by atoms with Crippen LogP contribution in [0.3, 0.4) is 0 Å². The molecule has 3 nitrogen and oxygen atoms in total. The van der Waals surface area contributed by atoms with E-state index in [0.717, 1.165) is 18.1 Å². The van der Waals surface area contributed by atoms with Crippen molar-refractivity contribution in [1.29, 1.82) is 0 Å². The minimum atomic E-state index is -4.45. The molecule has 6 heteroatoms. The van der Waals surface area contributed by atoms with E-state index in [-0.39, 0.29) is 11.0 Å². The van der Waals surface area contributed by atoms with Gasteiger partial charge in [-0.2, -0.15) is 18.3 Å². The second kappa shape index (κ2) is 5.37. The van der Waals surface area contributed by atoms with E-state index in [0.29, 0.717) is 17.0 Å². The van der Waals surface area contributed by atoms with E-state index in [1.165, 1.54) is 4.68 Å². The molecule has 0 radical (unpaired) electrons. The minimum Gasteiger partial charge on any atom is -0.250 e. The normalized spacial score (nSPS) is 12.1. The molecule has 0 aliphatic carbocycles. The Morgan fingerprint density at radius 3 is 2.35 bits per heavy atom. The molecule has 1 aromatic carbocycles. The van der Waals surface area contributed by atoms with Crippen LogP contribution in [0.2, 0.25) is 0 Å². The number of hydrogen-bond donors (Lipinski definition) is 0. The summed E-state index contributed by atoms with van der Waals surface area (Å²) in [6, 6.07) is 8.52. The Labute approximate surface area is 131 Å². The Hall–Kier alpha value is -2.37. The monoisotopic (exact) mass is 319 g/mol. The molecule has 2 aromatic heterocycles. The summed E-state index contributed by atoms with van der Waals surface area (Å²) in [5, 5.41) is 4.14. The quantitative estimate of drug-likeness (QED) is 0.695. The molecule has 0 spiro atoms. The molecule has 0 N–H and O–H groups in total. The molecule has 0 fully saturated rings. The number of nitrogens with zero attached hydrogens (tertiary/aromatic N) is 3. The van der Waals surface area contributed by atoms with Gasteiger partial charge in [0.2, 0.25) is 0 Å². The number of alkyl halides is 3. The lowest BCUT2D eigenvalue weighted by atomic mass is 10.0. The molecule has 0 saturated carbocycles. The first-order chi connectivity index (χ1) is 10.8. The maximum atomic E-state index is 13.5. The van der Waals surface area contributed by atoms with Crippen LogP contribution in [-0.2, 0) is 19.6 Å². The number of hydrogen-bond acceptors (Lipinski definition) is 2. The van der Waals surface area contributed by atoms with Gasteiger partial charge in [-0.05, 0) is 25.0 Å². The predicted molar refractivity (Wildman–Crippen MR) is 83.1 cm³/mol. The fourth-order valence-corrected chi connectivity index (χ4v) is 2.73. The van der Waals surface area contributed by atoms with E-state index in [9.17, 15) is 13.2 Å². The van der Waals surface area contributed by atoms with E-state index in [1.54, 1.807) is 26.1 Å². The van der Waals surface area contributed by atoms with E-state index in [1.807, 2.05) is 19.1 Å². The minimum absolute atomic E-state index is 0.0638. The zero-order valence-corrected chi connectivity index (χ0v) is 13.1. The lowest BCUT2D eigenvalue weighted by molar-refractivity contribution is -0.136. The third kappa shape index (κ3) is 2.69. The molecule has 3 aromatic rings. The summed E-state index contributed by atoms with van der Waals surface area (Å²) in [5.74, 6) is 0. The van der Waals surface area contributed by atoms with Gasteiger partial charge in [0, 0.05) is 12.6 Å². The van der Waals surface area contributed by atoms with Gasteiger partial charge in [-0.3, -0.25) is 4.68 Å². The fraction of sp³-hybridized carbons (Fsp3) is 0.294. The number of halogens is 3. The number of fused-ring (bicyclic) bond motifs is 1. The Kier molecular flexibility index (Phi) is 3.62. The highest BCUT2D eigenvalue weighted by Crippen LogP contribution is 2.37. The number of rotatable bonds is 2. The van der Waals surface area contributed by atoms with E-state index < -0.39 is 11.7 Å². The number of aromatic nitrogens is 3. The maximum Gasteiger partial charge on any atom is 0.417 e. The zero-order valence-electron chi connectivity index (χ0n) is 13.1. The number of benzene rings is 1. The molecular formula is C17H16F3N3. The van der Waals surface area contributed by atoms with Crippen LogP contribution in [0, 0.1) is 6.92 Å². The molecular weight excluding hydrogens is 303 g/mol. The molecule has 3 rings (SSSR count). The Morgan fingerprint density at radius 1 is 1.13 bits per heavy atom. The lowest BCUT2D eigenvalue weighted by Crippen LogP contribution is -2.07.